The highest BCUT2D eigenvalue weighted by Gasteiger charge is 2.23. The summed E-state index contributed by atoms with van der Waals surface area (Å²) in [5.74, 6) is -0.546. The van der Waals surface area contributed by atoms with Crippen LogP contribution in [0.25, 0.3) is 5.65 Å². The molecule has 2 N–H and O–H groups in total. The van der Waals surface area contributed by atoms with Crippen molar-refractivity contribution in [2.45, 2.75) is 19.4 Å². The van der Waals surface area contributed by atoms with Gasteiger partial charge in [0, 0.05) is 12.6 Å². The number of rotatable bonds is 6. The van der Waals surface area contributed by atoms with E-state index in [2.05, 4.69) is 15.6 Å². The van der Waals surface area contributed by atoms with Crippen LogP contribution in [0.1, 0.15) is 12.5 Å². The van der Waals surface area contributed by atoms with Gasteiger partial charge in [0.25, 0.3) is 5.56 Å². The molecule has 8 nitrogen and oxygen atoms in total. The quantitative estimate of drug-likeness (QED) is 0.637. The van der Waals surface area contributed by atoms with Crippen LogP contribution >= 0.6 is 0 Å². The first-order chi connectivity index (χ1) is 13.6. The van der Waals surface area contributed by atoms with E-state index in [4.69, 9.17) is 4.74 Å². The van der Waals surface area contributed by atoms with Gasteiger partial charge >= 0.3 is 12.0 Å². The number of fused-ring (bicyclic) bond motifs is 1. The molecule has 144 valence electrons. The number of carbonyl (C=O) groups excluding carboxylic acids is 2. The Hall–Kier alpha value is -3.68. The average Bonchev–Trinajstić information content (AvgIpc) is 2.71. The SMILES string of the molecule is CCOC(=O)[C@H](Cc1ccccc1)NC(=O)Nc1cnc2ccccn2c1=O. The van der Waals surface area contributed by atoms with Gasteiger partial charge in [-0.1, -0.05) is 36.4 Å². The average molecular weight is 380 g/mol. The van der Waals surface area contributed by atoms with Gasteiger partial charge in [0.1, 0.15) is 17.4 Å². The number of ether oxygens (including phenoxy) is 1. The summed E-state index contributed by atoms with van der Waals surface area (Å²) < 4.78 is 6.37. The fourth-order valence-electron chi connectivity index (χ4n) is 2.72. The molecule has 0 radical (unpaired) electrons. The van der Waals surface area contributed by atoms with Crippen molar-refractivity contribution in [1.29, 1.82) is 0 Å². The van der Waals surface area contributed by atoms with Gasteiger partial charge in [-0.15, -0.1) is 0 Å². The maximum atomic E-state index is 12.5. The lowest BCUT2D eigenvalue weighted by Gasteiger charge is -2.17. The number of esters is 1. The third-order valence-electron chi connectivity index (χ3n) is 4.02. The molecular weight excluding hydrogens is 360 g/mol. The van der Waals surface area contributed by atoms with Gasteiger partial charge in [-0.3, -0.25) is 9.20 Å². The Morgan fingerprint density at radius 2 is 1.89 bits per heavy atom. The predicted octanol–water partition coefficient (Wildman–Crippen LogP) is 1.99. The summed E-state index contributed by atoms with van der Waals surface area (Å²) in [5, 5.41) is 5.04. The number of carbonyl (C=O) groups is 2. The molecule has 1 atom stereocenters. The van der Waals surface area contributed by atoms with Crippen molar-refractivity contribution in [3.05, 3.63) is 76.8 Å². The van der Waals surface area contributed by atoms with Crippen molar-refractivity contribution in [2.75, 3.05) is 11.9 Å². The molecule has 0 unspecified atom stereocenters. The van der Waals surface area contributed by atoms with E-state index < -0.39 is 23.6 Å². The third-order valence-corrected chi connectivity index (χ3v) is 4.02. The maximum absolute atomic E-state index is 12.5. The topological polar surface area (TPSA) is 102 Å². The number of amides is 2. The molecule has 3 aromatic rings. The smallest absolute Gasteiger partial charge is 0.329 e. The van der Waals surface area contributed by atoms with E-state index in [-0.39, 0.29) is 18.7 Å². The van der Waals surface area contributed by atoms with Gasteiger partial charge in [-0.2, -0.15) is 0 Å². The van der Waals surface area contributed by atoms with Gasteiger partial charge < -0.3 is 15.4 Å². The van der Waals surface area contributed by atoms with Crippen molar-refractivity contribution in [2.24, 2.45) is 0 Å². The van der Waals surface area contributed by atoms with E-state index in [0.29, 0.717) is 5.65 Å². The molecule has 2 aromatic heterocycles. The normalized spacial score (nSPS) is 11.6. The first kappa shape index (κ1) is 19.1. The van der Waals surface area contributed by atoms with Gasteiger partial charge in [0.15, 0.2) is 0 Å². The lowest BCUT2D eigenvalue weighted by Crippen LogP contribution is -2.45. The van der Waals surface area contributed by atoms with Gasteiger partial charge in [0.05, 0.1) is 12.8 Å². The molecule has 0 aliphatic carbocycles. The van der Waals surface area contributed by atoms with Crippen LogP contribution in [-0.4, -0.2) is 34.0 Å². The molecule has 0 aliphatic rings. The number of nitrogens with zero attached hydrogens (tertiary/aromatic N) is 2. The van der Waals surface area contributed by atoms with Crippen molar-refractivity contribution in [1.82, 2.24) is 14.7 Å². The highest BCUT2D eigenvalue weighted by Crippen LogP contribution is 2.06. The van der Waals surface area contributed by atoms with Crippen molar-refractivity contribution in [3.8, 4) is 0 Å². The van der Waals surface area contributed by atoms with E-state index in [0.717, 1.165) is 5.56 Å². The number of benzene rings is 1. The van der Waals surface area contributed by atoms with Crippen LogP contribution < -0.4 is 16.2 Å². The van der Waals surface area contributed by atoms with Crippen LogP contribution in [0.4, 0.5) is 10.5 Å². The Balaban J connectivity index is 1.75. The van der Waals surface area contributed by atoms with Crippen LogP contribution in [0.15, 0.2) is 65.7 Å². The predicted molar refractivity (Wildman–Crippen MR) is 104 cm³/mol. The molecule has 0 saturated carbocycles. The molecule has 0 aliphatic heterocycles. The van der Waals surface area contributed by atoms with E-state index >= 15 is 0 Å². The minimum absolute atomic E-state index is 0.00326. The van der Waals surface area contributed by atoms with Crippen molar-refractivity contribution >= 4 is 23.3 Å². The molecule has 0 fully saturated rings. The second kappa shape index (κ2) is 8.81. The fourth-order valence-corrected chi connectivity index (χ4v) is 2.72. The molecule has 2 heterocycles. The lowest BCUT2D eigenvalue weighted by molar-refractivity contribution is -0.145. The zero-order chi connectivity index (χ0) is 19.9. The molecular formula is C20H20N4O4. The largest absolute Gasteiger partial charge is 0.464 e. The van der Waals surface area contributed by atoms with E-state index in [1.54, 1.807) is 31.3 Å². The maximum Gasteiger partial charge on any atom is 0.329 e. The minimum Gasteiger partial charge on any atom is -0.464 e. The second-order valence-electron chi connectivity index (χ2n) is 6.00. The Kier molecular flexibility index (Phi) is 6.01. The van der Waals surface area contributed by atoms with Crippen LogP contribution in [-0.2, 0) is 16.0 Å². The summed E-state index contributed by atoms with van der Waals surface area (Å²) >= 11 is 0. The number of urea groups is 1. The zero-order valence-corrected chi connectivity index (χ0v) is 15.3. The Morgan fingerprint density at radius 3 is 2.64 bits per heavy atom. The van der Waals surface area contributed by atoms with Gasteiger partial charge in [0.2, 0.25) is 0 Å². The number of hydrogen-bond donors (Lipinski definition) is 2. The molecule has 0 spiro atoms. The van der Waals surface area contributed by atoms with E-state index in [9.17, 15) is 14.4 Å². The highest BCUT2D eigenvalue weighted by atomic mass is 16.5. The van der Waals surface area contributed by atoms with Gasteiger partial charge in [-0.05, 0) is 24.6 Å². The fraction of sp³-hybridized carbons (Fsp3) is 0.200. The standard InChI is InChI=1S/C20H20N4O4/c1-2-28-19(26)15(12-14-8-4-3-5-9-14)22-20(27)23-16-13-21-17-10-6-7-11-24(17)18(16)25/h3-11,13,15H,2,12H2,1H3,(H2,22,23,27)/t15-/m0/s1. The van der Waals surface area contributed by atoms with Crippen LogP contribution in [0.2, 0.25) is 0 Å². The Bertz CT molecular complexity index is 1030. The minimum atomic E-state index is -0.890. The summed E-state index contributed by atoms with van der Waals surface area (Å²) in [7, 11) is 0. The van der Waals surface area contributed by atoms with Crippen LogP contribution in [0.5, 0.6) is 0 Å². The van der Waals surface area contributed by atoms with Crippen molar-refractivity contribution in [3.63, 3.8) is 0 Å². The van der Waals surface area contributed by atoms with Crippen LogP contribution in [0.3, 0.4) is 0 Å². The number of hydrogen-bond acceptors (Lipinski definition) is 5. The first-order valence-electron chi connectivity index (χ1n) is 8.83. The monoisotopic (exact) mass is 380 g/mol. The van der Waals surface area contributed by atoms with Gasteiger partial charge in [-0.25, -0.2) is 14.6 Å². The van der Waals surface area contributed by atoms with E-state index in [1.807, 2.05) is 30.3 Å². The highest BCUT2D eigenvalue weighted by molar-refractivity contribution is 5.92. The molecule has 1 aromatic carbocycles. The zero-order valence-electron chi connectivity index (χ0n) is 15.3. The summed E-state index contributed by atoms with van der Waals surface area (Å²) in [5.41, 5.74) is 0.917. The molecule has 0 saturated heterocycles. The first-order valence-corrected chi connectivity index (χ1v) is 8.83. The molecule has 3 rings (SSSR count). The van der Waals surface area contributed by atoms with Crippen molar-refractivity contribution < 1.29 is 14.3 Å². The molecule has 0 bridgehead atoms. The molecule has 8 heteroatoms. The summed E-state index contributed by atoms with van der Waals surface area (Å²) in [4.78, 5) is 41.2. The van der Waals surface area contributed by atoms with E-state index in [1.165, 1.54) is 10.6 Å². The summed E-state index contributed by atoms with van der Waals surface area (Å²) in [6.45, 7) is 1.89. The Labute approximate surface area is 161 Å². The third kappa shape index (κ3) is 4.53. The Morgan fingerprint density at radius 1 is 1.14 bits per heavy atom. The summed E-state index contributed by atoms with van der Waals surface area (Å²) in [6, 6.07) is 12.8. The number of anilines is 1. The number of aromatic nitrogens is 2. The molecule has 28 heavy (non-hydrogen) atoms. The molecule has 2 amide bonds. The number of pyridine rings is 1. The second-order valence-corrected chi connectivity index (χ2v) is 6.00. The van der Waals surface area contributed by atoms with Crippen LogP contribution in [0, 0.1) is 0 Å². The summed E-state index contributed by atoms with van der Waals surface area (Å²) in [6.07, 6.45) is 3.11. The lowest BCUT2D eigenvalue weighted by atomic mass is 10.1. The number of nitrogens with one attached hydrogen (secondary N) is 2.